The molecule has 0 aromatic heterocycles. The van der Waals surface area contributed by atoms with Crippen molar-refractivity contribution in [3.05, 3.63) is 90.0 Å². The van der Waals surface area contributed by atoms with E-state index in [1.807, 2.05) is 19.1 Å². The third kappa shape index (κ3) is 8.86. The van der Waals surface area contributed by atoms with Gasteiger partial charge in [0.2, 0.25) is 5.91 Å². The lowest BCUT2D eigenvalue weighted by Gasteiger charge is -2.14. The number of nitrogens with one attached hydrogen (secondary N) is 1. The number of ether oxygens (including phenoxy) is 2. The van der Waals surface area contributed by atoms with Gasteiger partial charge in [-0.15, -0.1) is 15.3 Å². The Balaban J connectivity index is 1.51. The van der Waals surface area contributed by atoms with Gasteiger partial charge in [0.05, 0.1) is 41.1 Å². The maximum atomic E-state index is 12.9. The summed E-state index contributed by atoms with van der Waals surface area (Å²) in [5.41, 5.74) is 0.876. The lowest BCUT2D eigenvalue weighted by molar-refractivity contribution is -0.114. The van der Waals surface area contributed by atoms with E-state index in [1.165, 1.54) is 50.6 Å². The summed E-state index contributed by atoms with van der Waals surface area (Å²) in [5.74, 6) is -1.73. The van der Waals surface area contributed by atoms with Gasteiger partial charge >= 0.3 is 0 Å². The molecule has 5 aromatic carbocycles. The van der Waals surface area contributed by atoms with Crippen LogP contribution >= 0.6 is 0 Å². The third-order valence-corrected chi connectivity index (χ3v) is 11.1. The molecule has 1 amide bonds. The van der Waals surface area contributed by atoms with Gasteiger partial charge in [-0.25, -0.2) is 8.42 Å². The number of benzene rings is 5. The number of fused-ring (bicyclic) bond motifs is 1. The number of hydrogen-bond donors (Lipinski definition) is 4. The van der Waals surface area contributed by atoms with Gasteiger partial charge in [-0.3, -0.25) is 13.9 Å². The van der Waals surface area contributed by atoms with Crippen molar-refractivity contribution in [1.29, 1.82) is 0 Å². The van der Waals surface area contributed by atoms with Gasteiger partial charge in [0.15, 0.2) is 15.6 Å². The highest BCUT2D eigenvalue weighted by atomic mass is 32.2. The molecule has 0 heterocycles. The van der Waals surface area contributed by atoms with Crippen LogP contribution in [0.4, 0.5) is 28.4 Å². The Morgan fingerprint density at radius 1 is 0.722 bits per heavy atom. The molecule has 282 valence electrons. The average Bonchev–Trinajstić information content (AvgIpc) is 3.09. The van der Waals surface area contributed by atoms with E-state index in [2.05, 4.69) is 25.8 Å². The van der Waals surface area contributed by atoms with Crippen molar-refractivity contribution >= 4 is 75.2 Å². The molecule has 0 atom stereocenters. The van der Waals surface area contributed by atoms with Gasteiger partial charge in [0, 0.05) is 24.4 Å². The van der Waals surface area contributed by atoms with Gasteiger partial charge in [0.25, 0.3) is 20.2 Å². The minimum atomic E-state index is -5.16. The summed E-state index contributed by atoms with van der Waals surface area (Å²) < 4.78 is 105. The van der Waals surface area contributed by atoms with E-state index in [0.29, 0.717) is 11.3 Å². The summed E-state index contributed by atoms with van der Waals surface area (Å²) in [5, 5.41) is 29.1. The second-order valence-corrected chi connectivity index (χ2v) is 16.4. The number of sulfone groups is 1. The number of nitrogens with zero attached hydrogens (tertiary/aromatic N) is 4. The van der Waals surface area contributed by atoms with Gasteiger partial charge in [-0.2, -0.15) is 21.9 Å². The van der Waals surface area contributed by atoms with Crippen molar-refractivity contribution in [1.82, 2.24) is 0 Å². The minimum absolute atomic E-state index is 0.0106. The number of methoxy groups -OCH3 is 2. The first-order chi connectivity index (χ1) is 25.3. The van der Waals surface area contributed by atoms with Crippen molar-refractivity contribution in [3.8, 4) is 17.2 Å². The second-order valence-electron chi connectivity index (χ2n) is 11.6. The highest BCUT2D eigenvalue weighted by molar-refractivity contribution is 7.90. The lowest BCUT2D eigenvalue weighted by atomic mass is 10.1. The predicted molar refractivity (Wildman–Crippen MR) is 196 cm³/mol. The van der Waals surface area contributed by atoms with Crippen LogP contribution in [-0.4, -0.2) is 59.6 Å². The number of anilines is 1. The van der Waals surface area contributed by atoms with Gasteiger partial charge < -0.3 is 19.9 Å². The van der Waals surface area contributed by atoms with E-state index < -0.39 is 57.2 Å². The van der Waals surface area contributed by atoms with Gasteiger partial charge in [0.1, 0.15) is 33.5 Å². The molecule has 4 N–H and O–H groups in total. The molecule has 0 bridgehead atoms. The Labute approximate surface area is 309 Å². The maximum absolute atomic E-state index is 12.9. The van der Waals surface area contributed by atoms with Crippen LogP contribution in [0.3, 0.4) is 0 Å². The fourth-order valence-corrected chi connectivity index (χ4v) is 7.68. The van der Waals surface area contributed by atoms with Crippen LogP contribution in [0, 0.1) is 6.92 Å². The number of carbonyl (C=O) groups excluding carboxylic acids is 1. The number of aromatic hydroxyl groups is 1. The maximum Gasteiger partial charge on any atom is 0.296 e. The summed E-state index contributed by atoms with van der Waals surface area (Å²) in [6.07, 6.45) is 0. The van der Waals surface area contributed by atoms with E-state index >= 15 is 0 Å². The molecule has 0 unspecified atom stereocenters. The van der Waals surface area contributed by atoms with Crippen LogP contribution in [0.2, 0.25) is 0 Å². The zero-order valence-corrected chi connectivity index (χ0v) is 31.2. The number of amides is 1. The quantitative estimate of drug-likeness (QED) is 0.0726. The molecule has 0 saturated carbocycles. The van der Waals surface area contributed by atoms with E-state index in [1.54, 1.807) is 12.1 Å². The zero-order valence-electron chi connectivity index (χ0n) is 28.7. The van der Waals surface area contributed by atoms with E-state index in [0.717, 1.165) is 30.7 Å². The summed E-state index contributed by atoms with van der Waals surface area (Å²) in [6.45, 7) is 2.99. The molecule has 0 saturated heterocycles. The molecule has 5 rings (SSSR count). The molecular formula is C34H31N5O12S3. The molecule has 0 radical (unpaired) electrons. The summed E-state index contributed by atoms with van der Waals surface area (Å²) >= 11 is 0. The fraction of sp³-hybridized carbons (Fsp3) is 0.147. The second kappa shape index (κ2) is 15.3. The number of phenols is 1. The van der Waals surface area contributed by atoms with Crippen molar-refractivity contribution in [2.45, 2.75) is 34.3 Å². The molecule has 0 aliphatic heterocycles. The monoisotopic (exact) mass is 797 g/mol. The van der Waals surface area contributed by atoms with Crippen molar-refractivity contribution in [2.75, 3.05) is 19.5 Å². The molecular weight excluding hydrogens is 767 g/mol. The number of phenolic OH excluding ortho intramolecular Hbond substituents is 1. The van der Waals surface area contributed by atoms with Crippen LogP contribution in [0.25, 0.3) is 10.8 Å². The molecule has 0 aliphatic carbocycles. The SMILES string of the molecule is COc1cc(N=Nc2c(S(=O)(=O)O)cc3cc(S(=O)(=O)O)cc(NC(C)=O)c3c2O)c(OC)cc1N=Nc1ccc(S(=O)(=O)Cc2ccc(C)cc2)cc1. The van der Waals surface area contributed by atoms with Crippen molar-refractivity contribution < 1.29 is 53.7 Å². The van der Waals surface area contributed by atoms with E-state index in [9.17, 15) is 44.3 Å². The molecule has 17 nitrogen and oxygen atoms in total. The minimum Gasteiger partial charge on any atom is -0.505 e. The van der Waals surface area contributed by atoms with Gasteiger partial charge in [-0.1, -0.05) is 29.8 Å². The summed E-state index contributed by atoms with van der Waals surface area (Å²) in [4.78, 5) is 10.3. The predicted octanol–water partition coefficient (Wildman–Crippen LogP) is 7.13. The Hall–Kier alpha value is -5.80. The lowest BCUT2D eigenvalue weighted by Crippen LogP contribution is -2.08. The Morgan fingerprint density at radius 2 is 1.30 bits per heavy atom. The topological polar surface area (TPSA) is 260 Å². The molecule has 0 spiro atoms. The highest BCUT2D eigenvalue weighted by Crippen LogP contribution is 2.47. The fourth-order valence-electron chi connectivity index (χ4n) is 5.13. The smallest absolute Gasteiger partial charge is 0.296 e. The third-order valence-electron chi connectivity index (χ3n) is 7.69. The first-order valence-electron chi connectivity index (χ1n) is 15.3. The van der Waals surface area contributed by atoms with E-state index in [4.69, 9.17) is 9.47 Å². The van der Waals surface area contributed by atoms with Crippen LogP contribution < -0.4 is 14.8 Å². The number of azo groups is 2. The number of aryl methyl sites for hydroxylation is 1. The molecule has 5 aromatic rings. The molecule has 54 heavy (non-hydrogen) atoms. The summed E-state index contributed by atoms with van der Waals surface area (Å²) in [7, 11) is -11.1. The normalized spacial score (nSPS) is 12.4. The molecule has 0 fully saturated rings. The number of carbonyl (C=O) groups is 1. The summed E-state index contributed by atoms with van der Waals surface area (Å²) in [6, 6.07) is 18.0. The number of rotatable bonds is 12. The molecule has 0 aliphatic rings. The van der Waals surface area contributed by atoms with Crippen LogP contribution in [0.1, 0.15) is 18.1 Å². The highest BCUT2D eigenvalue weighted by Gasteiger charge is 2.26. The van der Waals surface area contributed by atoms with Crippen molar-refractivity contribution in [3.63, 3.8) is 0 Å². The first-order valence-corrected chi connectivity index (χ1v) is 19.9. The van der Waals surface area contributed by atoms with Crippen LogP contribution in [-0.2, 0) is 40.6 Å². The Kier molecular flexibility index (Phi) is 11.2. The Morgan fingerprint density at radius 3 is 1.81 bits per heavy atom. The standard InChI is InChI=1S/C34H31N5O12S3/c1-19-5-7-21(8-6-19)18-52(42,43)24-11-9-23(10-12-24)36-37-26-16-30(51-4)27(17-29(26)50-3)38-39-33-31(54(47,48)49)14-22-13-25(53(44,45)46)15-28(35-20(2)40)32(22)34(33)41/h5-17,41H,18H2,1-4H3,(H,35,40)(H,44,45,46)(H,47,48,49). The van der Waals surface area contributed by atoms with E-state index in [-0.39, 0.29) is 50.0 Å². The Bertz CT molecular complexity index is 2680. The number of hydrogen-bond acceptors (Lipinski definition) is 14. The zero-order chi connectivity index (χ0) is 39.6. The van der Waals surface area contributed by atoms with Gasteiger partial charge in [-0.05, 0) is 60.3 Å². The largest absolute Gasteiger partial charge is 0.505 e. The first kappa shape index (κ1) is 39.4. The average molecular weight is 798 g/mol. The van der Waals surface area contributed by atoms with Crippen LogP contribution in [0.15, 0.2) is 114 Å². The van der Waals surface area contributed by atoms with Crippen molar-refractivity contribution in [2.24, 2.45) is 20.5 Å². The van der Waals surface area contributed by atoms with Crippen LogP contribution in [0.5, 0.6) is 17.2 Å². The molecule has 20 heteroatoms.